The van der Waals surface area contributed by atoms with E-state index in [1.54, 1.807) is 6.21 Å². The third-order valence-electron chi connectivity index (χ3n) is 10.0. The normalized spacial score (nSPS) is 15.5. The van der Waals surface area contributed by atoms with Crippen LogP contribution in [0.3, 0.4) is 0 Å². The van der Waals surface area contributed by atoms with Crippen LogP contribution in [0.25, 0.3) is 10.8 Å². The Hall–Kier alpha value is -4.28. The number of aromatic hydroxyl groups is 1. The van der Waals surface area contributed by atoms with E-state index < -0.39 is 0 Å². The minimum atomic E-state index is 0.195. The van der Waals surface area contributed by atoms with Gasteiger partial charge in [-0.1, -0.05) is 56.0 Å². The smallest absolute Gasteiger partial charge is 0.132 e. The zero-order valence-corrected chi connectivity index (χ0v) is 31.2. The molecule has 0 amide bonds. The lowest BCUT2D eigenvalue weighted by Gasteiger charge is -2.26. The van der Waals surface area contributed by atoms with Crippen molar-refractivity contribution in [3.8, 4) is 17.2 Å². The summed E-state index contributed by atoms with van der Waals surface area (Å²) in [5.74, 6) is 1.88. The highest BCUT2D eigenvalue weighted by Gasteiger charge is 2.12. The lowest BCUT2D eigenvalue weighted by Crippen LogP contribution is -2.36. The Labute approximate surface area is 315 Å². The predicted molar refractivity (Wildman–Crippen MR) is 214 cm³/mol. The van der Waals surface area contributed by atoms with Crippen molar-refractivity contribution in [3.63, 3.8) is 0 Å². The Morgan fingerprint density at radius 3 is 1.66 bits per heavy atom. The molecule has 6 rings (SSSR count). The molecule has 53 heavy (non-hydrogen) atoms. The van der Waals surface area contributed by atoms with Gasteiger partial charge in [-0.15, -0.1) is 5.10 Å². The van der Waals surface area contributed by atoms with E-state index in [1.165, 1.54) is 38.5 Å². The summed E-state index contributed by atoms with van der Waals surface area (Å²) < 4.78 is 23.1. The fraction of sp³-hybridized carbons (Fsp3) is 0.455. The molecule has 0 spiro atoms. The summed E-state index contributed by atoms with van der Waals surface area (Å²) in [5, 5.41) is 21.8. The number of phenolic OH excluding ortho intramolecular Hbond substituents is 1. The van der Waals surface area contributed by atoms with Gasteiger partial charge in [-0.2, -0.15) is 5.10 Å². The van der Waals surface area contributed by atoms with Crippen LogP contribution in [0.4, 0.5) is 0 Å². The maximum atomic E-state index is 10.9. The minimum Gasteiger partial charge on any atom is -0.507 e. The topological polar surface area (TPSA) is 88.4 Å². The van der Waals surface area contributed by atoms with Crippen molar-refractivity contribution >= 4 is 22.7 Å². The van der Waals surface area contributed by atoms with Crippen LogP contribution in [0.1, 0.15) is 68.1 Å². The first-order chi connectivity index (χ1) is 26.2. The summed E-state index contributed by atoms with van der Waals surface area (Å²) in [5.41, 5.74) is 3.18. The molecule has 9 heteroatoms. The van der Waals surface area contributed by atoms with Crippen LogP contribution in [0.15, 0.2) is 95.1 Å². The Morgan fingerprint density at radius 1 is 0.604 bits per heavy atom. The number of benzene rings is 4. The highest BCUT2D eigenvalue weighted by Crippen LogP contribution is 2.27. The van der Waals surface area contributed by atoms with Crippen molar-refractivity contribution in [2.75, 3.05) is 78.9 Å². The molecule has 4 aromatic carbocycles. The second kappa shape index (κ2) is 21.4. The highest BCUT2D eigenvalue weighted by molar-refractivity contribution is 6.13. The monoisotopic (exact) mass is 720 g/mol. The lowest BCUT2D eigenvalue weighted by atomic mass is 10.0. The summed E-state index contributed by atoms with van der Waals surface area (Å²) in [6, 6.07) is 27.7. The molecule has 2 aliphatic rings. The number of rotatable bonds is 20. The molecule has 0 aromatic heterocycles. The average molecular weight is 721 g/mol. The second-order valence-corrected chi connectivity index (χ2v) is 13.9. The van der Waals surface area contributed by atoms with Gasteiger partial charge < -0.3 is 24.1 Å². The second-order valence-electron chi connectivity index (χ2n) is 13.9. The molecule has 2 fully saturated rings. The van der Waals surface area contributed by atoms with E-state index in [-0.39, 0.29) is 5.75 Å². The first-order valence-corrected chi connectivity index (χ1v) is 19.6. The summed E-state index contributed by atoms with van der Waals surface area (Å²) >= 11 is 0. The molecule has 9 nitrogen and oxygen atoms in total. The van der Waals surface area contributed by atoms with Crippen LogP contribution in [-0.2, 0) is 9.47 Å². The van der Waals surface area contributed by atoms with Gasteiger partial charge >= 0.3 is 0 Å². The Bertz CT molecular complexity index is 1640. The first-order valence-electron chi connectivity index (χ1n) is 19.6. The molecule has 2 heterocycles. The van der Waals surface area contributed by atoms with Gasteiger partial charge in [0.15, 0.2) is 0 Å². The van der Waals surface area contributed by atoms with Gasteiger partial charge in [0, 0.05) is 48.3 Å². The molecule has 0 saturated carbocycles. The summed E-state index contributed by atoms with van der Waals surface area (Å²) in [7, 11) is 0. The van der Waals surface area contributed by atoms with Crippen molar-refractivity contribution in [1.29, 1.82) is 0 Å². The molecule has 1 N–H and O–H groups in total. The van der Waals surface area contributed by atoms with Crippen molar-refractivity contribution in [2.24, 2.45) is 10.2 Å². The number of fused-ring (bicyclic) bond motifs is 1. The number of unbranched alkanes of at least 4 members (excludes halogenated alkanes) is 6. The van der Waals surface area contributed by atoms with Crippen LogP contribution in [0.2, 0.25) is 0 Å². The minimum absolute atomic E-state index is 0.195. The van der Waals surface area contributed by atoms with Crippen LogP contribution >= 0.6 is 0 Å². The van der Waals surface area contributed by atoms with Crippen molar-refractivity contribution in [2.45, 2.75) is 51.4 Å². The van der Waals surface area contributed by atoms with Gasteiger partial charge in [-0.3, -0.25) is 9.80 Å². The standard InChI is InChI=1S/C44H56N4O5/c49-44-39(14-13-36-11-5-6-12-42(36)44)35-45-46-43(37-15-19-40(20-16-37)52-29-9-3-1-7-23-47-25-31-50-32-26-47)38-17-21-41(22-18-38)53-30-10-4-2-8-24-48-27-33-51-34-28-48/h5-6,11-22,35,49H,1-4,7-10,23-34H2/b45-35+. The zero-order chi connectivity index (χ0) is 36.3. The van der Waals surface area contributed by atoms with Crippen LogP contribution < -0.4 is 9.47 Å². The van der Waals surface area contributed by atoms with Crippen molar-refractivity contribution < 1.29 is 24.1 Å². The first kappa shape index (κ1) is 38.4. The maximum Gasteiger partial charge on any atom is 0.132 e. The molecule has 2 aliphatic heterocycles. The number of ether oxygens (including phenoxy) is 4. The lowest BCUT2D eigenvalue weighted by molar-refractivity contribution is 0.0370. The molecule has 0 aliphatic carbocycles. The number of hydrogen-bond donors (Lipinski definition) is 1. The molecule has 0 radical (unpaired) electrons. The Morgan fingerprint density at radius 2 is 1.11 bits per heavy atom. The number of phenols is 1. The van der Waals surface area contributed by atoms with E-state index in [2.05, 4.69) is 20.0 Å². The number of hydrogen-bond acceptors (Lipinski definition) is 9. The molecular weight excluding hydrogens is 665 g/mol. The van der Waals surface area contributed by atoms with Gasteiger partial charge in [0.1, 0.15) is 23.0 Å². The van der Waals surface area contributed by atoms with Gasteiger partial charge in [-0.25, -0.2) is 0 Å². The quantitative estimate of drug-likeness (QED) is 0.0563. The van der Waals surface area contributed by atoms with Gasteiger partial charge in [0.2, 0.25) is 0 Å². The number of nitrogens with zero attached hydrogens (tertiary/aromatic N) is 4. The summed E-state index contributed by atoms with van der Waals surface area (Å²) in [6.07, 6.45) is 10.9. The van der Waals surface area contributed by atoms with E-state index >= 15 is 0 Å². The molecule has 2 saturated heterocycles. The van der Waals surface area contributed by atoms with Crippen LogP contribution in [0.5, 0.6) is 17.2 Å². The fourth-order valence-electron chi connectivity index (χ4n) is 6.84. The van der Waals surface area contributed by atoms with E-state index in [0.717, 1.165) is 118 Å². The largest absolute Gasteiger partial charge is 0.507 e. The zero-order valence-electron chi connectivity index (χ0n) is 31.2. The molecule has 282 valence electrons. The summed E-state index contributed by atoms with van der Waals surface area (Å²) in [4.78, 5) is 4.99. The molecular formula is C44H56N4O5. The molecule has 0 bridgehead atoms. The molecule has 4 aromatic rings. The Kier molecular flexibility index (Phi) is 15.5. The van der Waals surface area contributed by atoms with Gasteiger partial charge in [-0.05, 0) is 98.8 Å². The fourth-order valence-corrected chi connectivity index (χ4v) is 6.84. The van der Waals surface area contributed by atoms with Crippen molar-refractivity contribution in [1.82, 2.24) is 9.80 Å². The third kappa shape index (κ3) is 12.4. The average Bonchev–Trinajstić information content (AvgIpc) is 3.21. The van der Waals surface area contributed by atoms with E-state index in [0.29, 0.717) is 18.8 Å². The van der Waals surface area contributed by atoms with E-state index in [9.17, 15) is 5.11 Å². The Balaban J connectivity index is 1.03. The number of morpholine rings is 2. The highest BCUT2D eigenvalue weighted by atomic mass is 16.5. The van der Waals surface area contributed by atoms with E-state index in [1.807, 2.05) is 84.9 Å². The molecule has 0 atom stereocenters. The van der Waals surface area contributed by atoms with E-state index in [4.69, 9.17) is 18.9 Å². The maximum absolute atomic E-state index is 10.9. The van der Waals surface area contributed by atoms with Crippen LogP contribution in [0, 0.1) is 0 Å². The summed E-state index contributed by atoms with van der Waals surface area (Å²) in [6.45, 7) is 11.4. The SMILES string of the molecule is Oc1c(/C=N/N=C(c2ccc(OCCCCCCN3CCOCC3)cc2)c2ccc(OCCCCCCN3CCOCC3)cc2)ccc2ccccc12. The molecule has 0 unspecified atom stereocenters. The van der Waals surface area contributed by atoms with Crippen LogP contribution in [-0.4, -0.2) is 106 Å². The van der Waals surface area contributed by atoms with Crippen molar-refractivity contribution in [3.05, 3.63) is 102 Å². The third-order valence-corrected chi connectivity index (χ3v) is 10.0. The predicted octanol–water partition coefficient (Wildman–Crippen LogP) is 7.96. The van der Waals surface area contributed by atoms with Gasteiger partial charge in [0.05, 0.1) is 45.9 Å². The van der Waals surface area contributed by atoms with Gasteiger partial charge in [0.25, 0.3) is 0 Å².